The lowest BCUT2D eigenvalue weighted by molar-refractivity contribution is -0.136. The molecule has 2 aliphatic rings. The monoisotopic (exact) mass is 575 g/mol. The molecule has 6 rings (SSSR count). The second-order valence-electron chi connectivity index (χ2n) is 11.3. The van der Waals surface area contributed by atoms with Crippen LogP contribution in [-0.4, -0.2) is 59.6 Å². The Bertz CT molecular complexity index is 1600. The minimum atomic E-state index is -0.986. The number of ketones is 1. The number of aryl methyl sites for hydroxylation is 1. The summed E-state index contributed by atoms with van der Waals surface area (Å²) < 4.78 is 14.2. The van der Waals surface area contributed by atoms with Crippen molar-refractivity contribution in [3.8, 4) is 0 Å². The summed E-state index contributed by atoms with van der Waals surface area (Å²) >= 11 is 0. The van der Waals surface area contributed by atoms with Crippen molar-refractivity contribution >= 4 is 17.6 Å². The number of nitrogens with one attached hydrogen (secondary N) is 1. The van der Waals surface area contributed by atoms with Gasteiger partial charge in [0.15, 0.2) is 5.78 Å². The number of Topliss-reactive ketones (excluding diaryl/α,β-unsaturated/α-hetero) is 1. The Balaban J connectivity index is 1.61. The number of amides is 2. The highest BCUT2D eigenvalue weighted by molar-refractivity contribution is 6.04. The molecule has 2 amide bonds. The summed E-state index contributed by atoms with van der Waals surface area (Å²) in [6.45, 7) is 4.19. The maximum atomic E-state index is 14.7. The van der Waals surface area contributed by atoms with Crippen molar-refractivity contribution in [1.29, 1.82) is 0 Å². The fourth-order valence-corrected chi connectivity index (χ4v) is 6.63. The highest BCUT2D eigenvalue weighted by Crippen LogP contribution is 2.52. The van der Waals surface area contributed by atoms with Crippen LogP contribution in [0.1, 0.15) is 49.4 Å². The zero-order chi connectivity index (χ0) is 29.9. The summed E-state index contributed by atoms with van der Waals surface area (Å²) in [5.74, 6) is -2.62. The maximum Gasteiger partial charge on any atom is 0.255 e. The number of hydrogen-bond acceptors (Lipinski definition) is 4. The lowest BCUT2D eigenvalue weighted by Crippen LogP contribution is -2.54. The molecule has 0 bridgehead atoms. The predicted octanol–water partition coefficient (Wildman–Crippen LogP) is 5.41. The SMILES string of the molecule is Cc1cccc(C(=O)C2C(c3ccc(F)cc3)C(C(=O)N3CCNCC3)N(C(=O)c3ccccc3)C2c2ccccc2)c1. The molecule has 2 saturated heterocycles. The molecular weight excluding hydrogens is 541 g/mol. The third kappa shape index (κ3) is 5.60. The first-order valence-corrected chi connectivity index (χ1v) is 14.7. The molecule has 0 saturated carbocycles. The number of halogens is 1. The molecule has 4 atom stereocenters. The Hall–Kier alpha value is -4.62. The van der Waals surface area contributed by atoms with Crippen molar-refractivity contribution in [1.82, 2.24) is 15.1 Å². The van der Waals surface area contributed by atoms with E-state index in [0.717, 1.165) is 11.1 Å². The van der Waals surface area contributed by atoms with Crippen LogP contribution in [0, 0.1) is 18.7 Å². The van der Waals surface area contributed by atoms with Crippen LogP contribution in [0.5, 0.6) is 0 Å². The number of hydrogen-bond donors (Lipinski definition) is 1. The molecular formula is C36H34FN3O3. The molecule has 2 fully saturated rings. The normalized spacial score (nSPS) is 21.9. The third-order valence-corrected chi connectivity index (χ3v) is 8.60. The highest BCUT2D eigenvalue weighted by Gasteiger charge is 2.58. The summed E-state index contributed by atoms with van der Waals surface area (Å²) in [6, 6.07) is 30.0. The molecule has 43 heavy (non-hydrogen) atoms. The number of nitrogens with zero attached hydrogens (tertiary/aromatic N) is 2. The number of likely N-dealkylation sites (tertiary alicyclic amines) is 1. The van der Waals surface area contributed by atoms with Crippen LogP contribution >= 0.6 is 0 Å². The molecule has 4 aromatic carbocycles. The topological polar surface area (TPSA) is 69.7 Å². The van der Waals surface area contributed by atoms with Crippen LogP contribution < -0.4 is 5.32 Å². The van der Waals surface area contributed by atoms with E-state index in [-0.39, 0.29) is 17.6 Å². The second-order valence-corrected chi connectivity index (χ2v) is 11.3. The molecule has 6 nitrogen and oxygen atoms in total. The van der Waals surface area contributed by atoms with Gasteiger partial charge in [0, 0.05) is 43.2 Å². The van der Waals surface area contributed by atoms with Crippen LogP contribution in [0.2, 0.25) is 0 Å². The van der Waals surface area contributed by atoms with E-state index in [1.54, 1.807) is 52.3 Å². The van der Waals surface area contributed by atoms with Gasteiger partial charge in [-0.1, -0.05) is 84.4 Å². The Morgan fingerprint density at radius 2 is 1.37 bits per heavy atom. The first-order chi connectivity index (χ1) is 20.9. The van der Waals surface area contributed by atoms with Crippen LogP contribution in [0.4, 0.5) is 4.39 Å². The second kappa shape index (κ2) is 12.3. The van der Waals surface area contributed by atoms with Gasteiger partial charge in [-0.25, -0.2) is 4.39 Å². The molecule has 0 aromatic heterocycles. The van der Waals surface area contributed by atoms with Gasteiger partial charge in [-0.15, -0.1) is 0 Å². The minimum Gasteiger partial charge on any atom is -0.338 e. The molecule has 0 radical (unpaired) electrons. The van der Waals surface area contributed by atoms with Gasteiger partial charge in [-0.3, -0.25) is 14.4 Å². The minimum absolute atomic E-state index is 0.159. The van der Waals surface area contributed by atoms with Gasteiger partial charge in [0.2, 0.25) is 5.91 Å². The van der Waals surface area contributed by atoms with E-state index in [1.807, 2.05) is 61.5 Å². The van der Waals surface area contributed by atoms with Crippen molar-refractivity contribution in [2.75, 3.05) is 26.2 Å². The van der Waals surface area contributed by atoms with Gasteiger partial charge >= 0.3 is 0 Å². The van der Waals surface area contributed by atoms with Gasteiger partial charge in [0.1, 0.15) is 11.9 Å². The summed E-state index contributed by atoms with van der Waals surface area (Å²) in [7, 11) is 0. The van der Waals surface area contributed by atoms with Crippen molar-refractivity contribution in [3.05, 3.63) is 143 Å². The van der Waals surface area contributed by atoms with Crippen molar-refractivity contribution < 1.29 is 18.8 Å². The van der Waals surface area contributed by atoms with Gasteiger partial charge in [0.05, 0.1) is 12.0 Å². The first-order valence-electron chi connectivity index (χ1n) is 14.7. The Morgan fingerprint density at radius 1 is 0.744 bits per heavy atom. The van der Waals surface area contributed by atoms with Crippen molar-refractivity contribution in [2.24, 2.45) is 5.92 Å². The van der Waals surface area contributed by atoms with Gasteiger partial charge in [-0.2, -0.15) is 0 Å². The Labute approximate surface area is 251 Å². The van der Waals surface area contributed by atoms with Gasteiger partial charge in [-0.05, 0) is 48.4 Å². The first kappa shape index (κ1) is 28.5. The van der Waals surface area contributed by atoms with Crippen LogP contribution in [0.3, 0.4) is 0 Å². The molecule has 4 unspecified atom stereocenters. The molecule has 2 aliphatic heterocycles. The van der Waals surface area contributed by atoms with Crippen LogP contribution in [-0.2, 0) is 4.79 Å². The number of rotatable bonds is 6. The quantitative estimate of drug-likeness (QED) is 0.312. The zero-order valence-corrected chi connectivity index (χ0v) is 24.0. The van der Waals surface area contributed by atoms with Crippen LogP contribution in [0.15, 0.2) is 109 Å². The molecule has 1 N–H and O–H groups in total. The largest absolute Gasteiger partial charge is 0.338 e. The van der Waals surface area contributed by atoms with E-state index in [4.69, 9.17) is 0 Å². The van der Waals surface area contributed by atoms with Crippen LogP contribution in [0.25, 0.3) is 0 Å². The van der Waals surface area contributed by atoms with E-state index >= 15 is 0 Å². The average Bonchev–Trinajstić information content (AvgIpc) is 3.41. The summed E-state index contributed by atoms with van der Waals surface area (Å²) in [5, 5.41) is 3.29. The number of benzene rings is 4. The van der Waals surface area contributed by atoms with E-state index in [0.29, 0.717) is 42.9 Å². The summed E-state index contributed by atoms with van der Waals surface area (Å²) in [5.41, 5.74) is 3.29. The lowest BCUT2D eigenvalue weighted by Gasteiger charge is -2.36. The summed E-state index contributed by atoms with van der Waals surface area (Å²) in [4.78, 5) is 47.4. The number of carbonyl (C=O) groups excluding carboxylic acids is 3. The Kier molecular flexibility index (Phi) is 8.16. The molecule has 0 aliphatic carbocycles. The predicted molar refractivity (Wildman–Crippen MR) is 163 cm³/mol. The zero-order valence-electron chi connectivity index (χ0n) is 24.0. The lowest BCUT2D eigenvalue weighted by atomic mass is 9.75. The molecule has 2 heterocycles. The fraction of sp³-hybridized carbons (Fsp3) is 0.250. The number of carbonyl (C=O) groups is 3. The number of piperazine rings is 1. The maximum absolute atomic E-state index is 14.7. The van der Waals surface area contributed by atoms with E-state index in [2.05, 4.69) is 5.32 Å². The Morgan fingerprint density at radius 3 is 2.02 bits per heavy atom. The van der Waals surface area contributed by atoms with Crippen molar-refractivity contribution in [3.63, 3.8) is 0 Å². The fourth-order valence-electron chi connectivity index (χ4n) is 6.63. The molecule has 0 spiro atoms. The molecule has 7 heteroatoms. The average molecular weight is 576 g/mol. The molecule has 218 valence electrons. The van der Waals surface area contributed by atoms with Gasteiger partial charge < -0.3 is 15.1 Å². The molecule has 4 aromatic rings. The van der Waals surface area contributed by atoms with Crippen molar-refractivity contribution in [2.45, 2.75) is 24.9 Å². The van der Waals surface area contributed by atoms with E-state index in [9.17, 15) is 18.8 Å². The van der Waals surface area contributed by atoms with E-state index < -0.39 is 29.7 Å². The standard InChI is InChI=1S/C36H34FN3O3/c1-24-9-8-14-28(23-24)34(41)31-30(25-15-17-29(37)18-16-25)33(36(43)39-21-19-38-20-22-39)40(32(31)26-10-4-2-5-11-26)35(42)27-12-6-3-7-13-27/h2-18,23,30-33,38H,19-22H2,1H3. The van der Waals surface area contributed by atoms with Gasteiger partial charge in [0.25, 0.3) is 5.91 Å². The highest BCUT2D eigenvalue weighted by atomic mass is 19.1. The third-order valence-electron chi connectivity index (χ3n) is 8.60. The smallest absolute Gasteiger partial charge is 0.255 e. The summed E-state index contributed by atoms with van der Waals surface area (Å²) in [6.07, 6.45) is 0. The van der Waals surface area contributed by atoms with E-state index in [1.165, 1.54) is 12.1 Å².